The smallest absolute Gasteiger partial charge is 0.200 e. The first-order chi connectivity index (χ1) is 13.7. The van der Waals surface area contributed by atoms with E-state index in [9.17, 15) is 5.11 Å². The van der Waals surface area contributed by atoms with E-state index in [1.807, 2.05) is 12.1 Å². The van der Waals surface area contributed by atoms with Crippen molar-refractivity contribution < 1.29 is 9.84 Å². The minimum Gasteiger partial charge on any atom is -0.508 e. The Kier molecular flexibility index (Phi) is 4.27. The average molecular weight is 377 g/mol. The van der Waals surface area contributed by atoms with Gasteiger partial charge in [0.2, 0.25) is 5.72 Å². The Balaban J connectivity index is 1.52. The van der Waals surface area contributed by atoms with Crippen molar-refractivity contribution in [3.05, 3.63) is 59.7 Å². The number of likely N-dealkylation sites (tertiary alicyclic amines) is 1. The molecule has 1 saturated heterocycles. The fraction of sp³-hybridized carbons (Fsp3) is 0.435. The van der Waals surface area contributed by atoms with Crippen molar-refractivity contribution in [2.75, 3.05) is 19.6 Å². The van der Waals surface area contributed by atoms with E-state index in [1.54, 1.807) is 12.1 Å². The number of piperidine rings is 1. The summed E-state index contributed by atoms with van der Waals surface area (Å²) in [6.45, 7) is 5.46. The average Bonchev–Trinajstić information content (AvgIpc) is 3.17. The first-order valence-corrected chi connectivity index (χ1v) is 10.3. The van der Waals surface area contributed by atoms with Gasteiger partial charge in [0.25, 0.3) is 0 Å². The molecule has 3 heterocycles. The van der Waals surface area contributed by atoms with Gasteiger partial charge in [-0.05, 0) is 31.2 Å². The van der Waals surface area contributed by atoms with E-state index in [0.29, 0.717) is 0 Å². The highest BCUT2D eigenvalue weighted by atomic mass is 16.5. The summed E-state index contributed by atoms with van der Waals surface area (Å²) in [6, 6.07) is 16.0. The second-order valence-electron chi connectivity index (χ2n) is 8.09. The summed E-state index contributed by atoms with van der Waals surface area (Å²) in [6.07, 6.45) is 3.93. The van der Waals surface area contributed by atoms with E-state index < -0.39 is 0 Å². The highest BCUT2D eigenvalue weighted by molar-refractivity contribution is 6.02. The summed E-state index contributed by atoms with van der Waals surface area (Å²) in [5.74, 6) is 1.28. The van der Waals surface area contributed by atoms with Crippen molar-refractivity contribution in [1.82, 2.24) is 9.91 Å². The molecule has 1 spiro atoms. The van der Waals surface area contributed by atoms with Crippen molar-refractivity contribution in [1.29, 1.82) is 0 Å². The van der Waals surface area contributed by atoms with Crippen LogP contribution in [0.5, 0.6) is 11.5 Å². The lowest BCUT2D eigenvalue weighted by Crippen LogP contribution is -2.59. The number of aromatic hydroxyl groups is 1. The number of nitrogens with zero attached hydrogens (tertiary/aromatic N) is 3. The number of para-hydroxylation sites is 1. The van der Waals surface area contributed by atoms with E-state index in [2.05, 4.69) is 41.1 Å². The molecule has 0 radical (unpaired) electrons. The zero-order valence-electron chi connectivity index (χ0n) is 16.3. The Morgan fingerprint density at radius 3 is 2.75 bits per heavy atom. The molecule has 146 valence electrons. The van der Waals surface area contributed by atoms with Crippen LogP contribution < -0.4 is 4.74 Å². The number of benzene rings is 2. The summed E-state index contributed by atoms with van der Waals surface area (Å²) < 4.78 is 6.65. The Morgan fingerprint density at radius 1 is 1.14 bits per heavy atom. The first kappa shape index (κ1) is 17.6. The van der Waals surface area contributed by atoms with Gasteiger partial charge in [0.15, 0.2) is 0 Å². The zero-order chi connectivity index (χ0) is 19.1. The third-order valence-electron chi connectivity index (χ3n) is 6.26. The molecule has 5 rings (SSSR count). The van der Waals surface area contributed by atoms with Crippen LogP contribution in [0.3, 0.4) is 0 Å². The quantitative estimate of drug-likeness (QED) is 0.873. The van der Waals surface area contributed by atoms with E-state index in [1.165, 1.54) is 12.0 Å². The van der Waals surface area contributed by atoms with Gasteiger partial charge >= 0.3 is 0 Å². The molecule has 0 unspecified atom stereocenters. The fourth-order valence-corrected chi connectivity index (χ4v) is 4.86. The molecular weight excluding hydrogens is 350 g/mol. The summed E-state index contributed by atoms with van der Waals surface area (Å²) in [5.41, 5.74) is 2.85. The second kappa shape index (κ2) is 6.82. The minimum absolute atomic E-state index is 0.194. The van der Waals surface area contributed by atoms with Crippen molar-refractivity contribution in [2.24, 2.45) is 5.10 Å². The third-order valence-corrected chi connectivity index (χ3v) is 6.26. The van der Waals surface area contributed by atoms with Crippen molar-refractivity contribution in [2.45, 2.75) is 44.4 Å². The van der Waals surface area contributed by atoms with Crippen LogP contribution in [0.25, 0.3) is 0 Å². The number of rotatable bonds is 3. The molecule has 3 aliphatic heterocycles. The maximum atomic E-state index is 9.91. The summed E-state index contributed by atoms with van der Waals surface area (Å²) >= 11 is 0. The molecule has 3 aliphatic rings. The van der Waals surface area contributed by atoms with Gasteiger partial charge in [0.05, 0.1) is 11.8 Å². The number of phenols is 1. The lowest BCUT2D eigenvalue weighted by Gasteiger charge is -2.51. The lowest BCUT2D eigenvalue weighted by molar-refractivity contribution is -0.149. The van der Waals surface area contributed by atoms with Gasteiger partial charge in [-0.15, -0.1) is 0 Å². The van der Waals surface area contributed by atoms with Crippen LogP contribution in [0.2, 0.25) is 0 Å². The first-order valence-electron chi connectivity index (χ1n) is 10.3. The van der Waals surface area contributed by atoms with Crippen LogP contribution in [-0.4, -0.2) is 46.1 Å². The number of hydrogen-bond acceptors (Lipinski definition) is 5. The molecule has 28 heavy (non-hydrogen) atoms. The molecule has 0 amide bonds. The van der Waals surface area contributed by atoms with Gasteiger partial charge in [-0.3, -0.25) is 0 Å². The SMILES string of the molecule is CCCN1CCC2(CC1)Oc1ccccc1[C@@H]1CC(c3cccc(O)c3)=NN12. The van der Waals surface area contributed by atoms with E-state index in [0.717, 1.165) is 55.9 Å². The van der Waals surface area contributed by atoms with Gasteiger partial charge in [-0.25, -0.2) is 5.01 Å². The number of hydrazone groups is 1. The number of phenolic OH excluding ortho intramolecular Hbond substituents is 1. The molecule has 0 aromatic heterocycles. The van der Waals surface area contributed by atoms with Crippen LogP contribution >= 0.6 is 0 Å². The Labute approximate surface area is 166 Å². The maximum absolute atomic E-state index is 9.91. The molecule has 1 N–H and O–H groups in total. The predicted octanol–water partition coefficient (Wildman–Crippen LogP) is 4.14. The molecule has 0 bridgehead atoms. The number of fused-ring (bicyclic) bond motifs is 4. The fourth-order valence-electron chi connectivity index (χ4n) is 4.86. The largest absolute Gasteiger partial charge is 0.508 e. The molecular formula is C23H27N3O2. The molecule has 1 atom stereocenters. The molecule has 0 aliphatic carbocycles. The molecule has 5 heteroatoms. The van der Waals surface area contributed by atoms with Gasteiger partial charge in [0.1, 0.15) is 11.5 Å². The number of hydrogen-bond donors (Lipinski definition) is 1. The molecule has 0 saturated carbocycles. The standard InChI is InChI=1S/C23H27N3O2/c1-2-12-25-13-10-23(11-14-25)26-21(19-8-3-4-9-22(19)28-23)16-20(24-26)17-6-5-7-18(27)15-17/h3-9,15,21,27H,2,10-14,16H2,1H3/t21-/m0/s1. The summed E-state index contributed by atoms with van der Waals surface area (Å²) in [4.78, 5) is 2.53. The van der Waals surface area contributed by atoms with Crippen LogP contribution in [0.4, 0.5) is 0 Å². The topological polar surface area (TPSA) is 48.3 Å². The minimum atomic E-state index is -0.373. The van der Waals surface area contributed by atoms with Crippen molar-refractivity contribution >= 4 is 5.71 Å². The van der Waals surface area contributed by atoms with Crippen molar-refractivity contribution in [3.8, 4) is 11.5 Å². The molecule has 2 aromatic rings. The van der Waals surface area contributed by atoms with Gasteiger partial charge < -0.3 is 14.7 Å². The Morgan fingerprint density at radius 2 is 1.96 bits per heavy atom. The zero-order valence-corrected chi connectivity index (χ0v) is 16.3. The third kappa shape index (κ3) is 2.85. The van der Waals surface area contributed by atoms with Gasteiger partial charge in [-0.1, -0.05) is 37.3 Å². The highest BCUT2D eigenvalue weighted by Crippen LogP contribution is 2.49. The lowest BCUT2D eigenvalue weighted by atomic mass is 9.90. The van der Waals surface area contributed by atoms with E-state index in [-0.39, 0.29) is 17.5 Å². The van der Waals surface area contributed by atoms with E-state index in [4.69, 9.17) is 9.84 Å². The van der Waals surface area contributed by atoms with E-state index >= 15 is 0 Å². The Hall–Kier alpha value is -2.53. The van der Waals surface area contributed by atoms with Crippen LogP contribution in [-0.2, 0) is 0 Å². The van der Waals surface area contributed by atoms with Gasteiger partial charge in [0, 0.05) is 43.5 Å². The maximum Gasteiger partial charge on any atom is 0.200 e. The van der Waals surface area contributed by atoms with Crippen LogP contribution in [0, 0.1) is 0 Å². The van der Waals surface area contributed by atoms with Crippen molar-refractivity contribution in [3.63, 3.8) is 0 Å². The molecule has 5 nitrogen and oxygen atoms in total. The highest BCUT2D eigenvalue weighted by Gasteiger charge is 2.51. The normalized spacial score (nSPS) is 23.1. The monoisotopic (exact) mass is 377 g/mol. The molecule has 1 fully saturated rings. The summed E-state index contributed by atoms with van der Waals surface area (Å²) in [5, 5.41) is 17.2. The van der Waals surface area contributed by atoms with Crippen LogP contribution in [0.15, 0.2) is 53.6 Å². The molecule has 2 aromatic carbocycles. The van der Waals surface area contributed by atoms with Gasteiger partial charge in [-0.2, -0.15) is 5.10 Å². The second-order valence-corrected chi connectivity index (χ2v) is 8.09. The predicted molar refractivity (Wildman–Crippen MR) is 110 cm³/mol. The Bertz CT molecular complexity index is 902. The number of ether oxygens (including phenoxy) is 1. The summed E-state index contributed by atoms with van der Waals surface area (Å²) in [7, 11) is 0. The van der Waals surface area contributed by atoms with Crippen LogP contribution in [0.1, 0.15) is 49.8 Å².